The maximum Gasteiger partial charge on any atom is 0.313 e. The molecule has 0 radical (unpaired) electrons. The largest absolute Gasteiger partial charge is 0.481 e. The summed E-state index contributed by atoms with van der Waals surface area (Å²) in [6, 6.07) is 0. The monoisotopic (exact) mass is 233 g/mol. The molecule has 0 aliphatic heterocycles. The Labute approximate surface area is 87.8 Å². The lowest BCUT2D eigenvalue weighted by Gasteiger charge is -1.90. The number of nitrogens with zero attached hydrogens (tertiary/aromatic N) is 1. The second-order valence-corrected chi connectivity index (χ2v) is 4.44. The number of rotatable bonds is 5. The molecule has 0 bridgehead atoms. The number of thiazole rings is 1. The normalized spacial score (nSPS) is 10.0. The van der Waals surface area contributed by atoms with Gasteiger partial charge in [0.1, 0.15) is 0 Å². The number of aliphatic carboxylic acids is 2. The maximum absolute atomic E-state index is 10.3. The molecule has 1 aromatic heterocycles. The standard InChI is InChI=1S/C7H7NO4S2/c9-5(10)1-4-2-13-7(8-4)14-3-6(11)12/h2H,1,3H2,(H,9,10)(H,11,12). The lowest BCUT2D eigenvalue weighted by Crippen LogP contribution is -2.00. The van der Waals surface area contributed by atoms with Crippen LogP contribution in [0.5, 0.6) is 0 Å². The van der Waals surface area contributed by atoms with Crippen LogP contribution in [-0.2, 0) is 16.0 Å². The molecule has 0 aliphatic rings. The van der Waals surface area contributed by atoms with Gasteiger partial charge in [-0.3, -0.25) is 9.59 Å². The summed E-state index contributed by atoms with van der Waals surface area (Å²) in [5, 5.41) is 18.5. The van der Waals surface area contributed by atoms with Crippen LogP contribution < -0.4 is 0 Å². The maximum atomic E-state index is 10.3. The quantitative estimate of drug-likeness (QED) is 0.736. The summed E-state index contributed by atoms with van der Waals surface area (Å²) in [5.41, 5.74) is 0.468. The molecule has 0 amide bonds. The lowest BCUT2D eigenvalue weighted by atomic mass is 10.3. The third kappa shape index (κ3) is 3.75. The fourth-order valence-electron chi connectivity index (χ4n) is 0.714. The van der Waals surface area contributed by atoms with Gasteiger partial charge in [-0.15, -0.1) is 11.3 Å². The minimum atomic E-state index is -0.940. The van der Waals surface area contributed by atoms with Gasteiger partial charge in [-0.05, 0) is 0 Å². The molecule has 0 unspecified atom stereocenters. The van der Waals surface area contributed by atoms with E-state index in [1.54, 1.807) is 5.38 Å². The Balaban J connectivity index is 2.50. The van der Waals surface area contributed by atoms with E-state index >= 15 is 0 Å². The summed E-state index contributed by atoms with van der Waals surface area (Å²) in [6.45, 7) is 0. The van der Waals surface area contributed by atoms with Gasteiger partial charge in [0.15, 0.2) is 4.34 Å². The molecule has 1 heterocycles. The first-order chi connectivity index (χ1) is 6.58. The predicted octanol–water partition coefficient (Wildman–Crippen LogP) is 0.947. The number of carboxylic acids is 2. The number of hydrogen-bond donors (Lipinski definition) is 2. The van der Waals surface area contributed by atoms with Gasteiger partial charge in [0, 0.05) is 5.38 Å². The van der Waals surface area contributed by atoms with Crippen LogP contribution >= 0.6 is 23.1 Å². The zero-order valence-corrected chi connectivity index (χ0v) is 8.60. The highest BCUT2D eigenvalue weighted by atomic mass is 32.2. The van der Waals surface area contributed by atoms with Crippen LogP contribution in [0.3, 0.4) is 0 Å². The molecule has 0 saturated carbocycles. The van der Waals surface area contributed by atoms with Gasteiger partial charge in [-0.2, -0.15) is 0 Å². The number of thioether (sulfide) groups is 1. The summed E-state index contributed by atoms with van der Waals surface area (Å²) in [5.74, 6) is -1.91. The molecule has 76 valence electrons. The van der Waals surface area contributed by atoms with Crippen LogP contribution in [-0.4, -0.2) is 32.9 Å². The Morgan fingerprint density at radius 2 is 2.14 bits per heavy atom. The third-order valence-electron chi connectivity index (χ3n) is 1.18. The van der Waals surface area contributed by atoms with Crippen molar-refractivity contribution in [3.63, 3.8) is 0 Å². The molecule has 7 heteroatoms. The first-order valence-electron chi connectivity index (χ1n) is 3.58. The van der Waals surface area contributed by atoms with E-state index in [0.29, 0.717) is 10.0 Å². The van der Waals surface area contributed by atoms with E-state index in [9.17, 15) is 9.59 Å². The average molecular weight is 233 g/mol. The first kappa shape index (κ1) is 11.0. The highest BCUT2D eigenvalue weighted by molar-refractivity contribution is 8.01. The summed E-state index contributed by atoms with van der Waals surface area (Å²) in [4.78, 5) is 24.5. The molecule has 0 aliphatic carbocycles. The van der Waals surface area contributed by atoms with Crippen LogP contribution in [0, 0.1) is 0 Å². The minimum Gasteiger partial charge on any atom is -0.481 e. The summed E-state index contributed by atoms with van der Waals surface area (Å²) in [6.07, 6.45) is -0.121. The first-order valence-corrected chi connectivity index (χ1v) is 5.45. The van der Waals surface area contributed by atoms with Crippen molar-refractivity contribution < 1.29 is 19.8 Å². The lowest BCUT2D eigenvalue weighted by molar-refractivity contribution is -0.136. The Morgan fingerprint density at radius 3 is 2.71 bits per heavy atom. The van der Waals surface area contributed by atoms with Crippen molar-refractivity contribution in [1.82, 2.24) is 4.98 Å². The van der Waals surface area contributed by atoms with Crippen molar-refractivity contribution in [3.8, 4) is 0 Å². The smallest absolute Gasteiger partial charge is 0.313 e. The Kier molecular flexibility index (Phi) is 3.90. The van der Waals surface area contributed by atoms with E-state index in [1.807, 2.05) is 0 Å². The molecule has 14 heavy (non-hydrogen) atoms. The topological polar surface area (TPSA) is 87.5 Å². The van der Waals surface area contributed by atoms with Gasteiger partial charge in [0.25, 0.3) is 0 Å². The highest BCUT2D eigenvalue weighted by Crippen LogP contribution is 2.22. The fraction of sp³-hybridized carbons (Fsp3) is 0.286. The average Bonchev–Trinajstić information content (AvgIpc) is 2.47. The Hall–Kier alpha value is -1.08. The van der Waals surface area contributed by atoms with Crippen LogP contribution in [0.15, 0.2) is 9.72 Å². The van der Waals surface area contributed by atoms with Gasteiger partial charge < -0.3 is 10.2 Å². The number of aromatic nitrogens is 1. The second-order valence-electron chi connectivity index (χ2n) is 2.36. The van der Waals surface area contributed by atoms with E-state index in [2.05, 4.69) is 4.98 Å². The number of carboxylic acid groups (broad SMARTS) is 2. The molecule has 0 aromatic carbocycles. The van der Waals surface area contributed by atoms with Crippen molar-refractivity contribution in [1.29, 1.82) is 0 Å². The molecule has 0 fully saturated rings. The highest BCUT2D eigenvalue weighted by Gasteiger charge is 2.07. The van der Waals surface area contributed by atoms with Crippen LogP contribution in [0.25, 0.3) is 0 Å². The van der Waals surface area contributed by atoms with E-state index < -0.39 is 11.9 Å². The van der Waals surface area contributed by atoms with E-state index in [1.165, 1.54) is 11.3 Å². The molecule has 1 aromatic rings. The fourth-order valence-corrected chi connectivity index (χ4v) is 2.28. The summed E-state index contributed by atoms with van der Waals surface area (Å²) >= 11 is 2.35. The summed E-state index contributed by atoms with van der Waals surface area (Å²) < 4.78 is 0.587. The Morgan fingerprint density at radius 1 is 1.43 bits per heavy atom. The van der Waals surface area contributed by atoms with Crippen LogP contribution in [0.1, 0.15) is 5.69 Å². The third-order valence-corrected chi connectivity index (χ3v) is 3.24. The van der Waals surface area contributed by atoms with Gasteiger partial charge >= 0.3 is 11.9 Å². The van der Waals surface area contributed by atoms with Gasteiger partial charge in [0.05, 0.1) is 17.9 Å². The van der Waals surface area contributed by atoms with Crippen LogP contribution in [0.4, 0.5) is 0 Å². The Bertz CT molecular complexity index is 349. The number of hydrogen-bond acceptors (Lipinski definition) is 5. The van der Waals surface area contributed by atoms with Crippen molar-refractivity contribution in [2.75, 3.05) is 5.75 Å². The van der Waals surface area contributed by atoms with Gasteiger partial charge in [-0.1, -0.05) is 11.8 Å². The van der Waals surface area contributed by atoms with Gasteiger partial charge in [0.2, 0.25) is 0 Å². The molecular weight excluding hydrogens is 226 g/mol. The summed E-state index contributed by atoms with van der Waals surface area (Å²) in [7, 11) is 0. The van der Waals surface area contributed by atoms with Crippen molar-refractivity contribution in [3.05, 3.63) is 11.1 Å². The van der Waals surface area contributed by atoms with Crippen molar-refractivity contribution >= 4 is 35.0 Å². The SMILES string of the molecule is O=C(O)CSc1nc(CC(=O)O)cs1. The van der Waals surface area contributed by atoms with E-state index in [-0.39, 0.29) is 12.2 Å². The van der Waals surface area contributed by atoms with E-state index in [0.717, 1.165) is 11.8 Å². The molecular formula is C7H7NO4S2. The van der Waals surface area contributed by atoms with Crippen molar-refractivity contribution in [2.24, 2.45) is 0 Å². The second kappa shape index (κ2) is 4.97. The zero-order chi connectivity index (χ0) is 10.6. The molecule has 0 atom stereocenters. The molecule has 0 spiro atoms. The number of carbonyl (C=O) groups is 2. The molecule has 1 rings (SSSR count). The van der Waals surface area contributed by atoms with Gasteiger partial charge in [-0.25, -0.2) is 4.98 Å². The predicted molar refractivity (Wildman–Crippen MR) is 51.8 cm³/mol. The molecule has 2 N–H and O–H groups in total. The van der Waals surface area contributed by atoms with Crippen molar-refractivity contribution in [2.45, 2.75) is 10.8 Å². The minimum absolute atomic E-state index is 0.0555. The zero-order valence-electron chi connectivity index (χ0n) is 6.97. The van der Waals surface area contributed by atoms with E-state index in [4.69, 9.17) is 10.2 Å². The molecule has 0 saturated heterocycles. The molecule has 5 nitrogen and oxygen atoms in total. The van der Waals surface area contributed by atoms with Crippen LogP contribution in [0.2, 0.25) is 0 Å².